The van der Waals surface area contributed by atoms with Crippen molar-refractivity contribution >= 4 is 40.1 Å². The van der Waals surface area contributed by atoms with Gasteiger partial charge >= 0.3 is 6.03 Å². The summed E-state index contributed by atoms with van der Waals surface area (Å²) in [6, 6.07) is 1.15. The number of nitrogens with zero attached hydrogens (tertiary/aromatic N) is 2. The maximum absolute atomic E-state index is 13.9. The number of nitrogens with one attached hydrogen (secondary N) is 2. The van der Waals surface area contributed by atoms with Gasteiger partial charge in [-0.15, -0.1) is 0 Å². The fraction of sp³-hybridized carbons (Fsp3) is 0.450. The van der Waals surface area contributed by atoms with Gasteiger partial charge in [-0.2, -0.15) is 4.37 Å². The topological polar surface area (TPSA) is 130 Å². The molecule has 5 N–H and O–H groups in total. The average Bonchev–Trinajstić information content (AvgIpc) is 3.35. The quantitative estimate of drug-likeness (QED) is 0.291. The zero-order valence-electron chi connectivity index (χ0n) is 17.6. The Kier molecular flexibility index (Phi) is 8.78. The number of carbonyl (C=O) groups excluding carboxylic acids is 2. The van der Waals surface area contributed by atoms with Crippen molar-refractivity contribution < 1.29 is 28.2 Å². The first kappa shape index (κ1) is 25.1. The van der Waals surface area contributed by atoms with Crippen molar-refractivity contribution in [1.82, 2.24) is 14.6 Å². The minimum atomic E-state index is -0.899. The van der Waals surface area contributed by atoms with E-state index < -0.39 is 30.2 Å². The fourth-order valence-electron chi connectivity index (χ4n) is 3.32. The highest BCUT2D eigenvalue weighted by molar-refractivity contribution is 7.11. The molecule has 1 aromatic heterocycles. The largest absolute Gasteiger partial charge is 0.471 e. The average molecular weight is 504 g/mol. The van der Waals surface area contributed by atoms with Crippen molar-refractivity contribution in [2.75, 3.05) is 31.5 Å². The molecule has 3 amide bonds. The van der Waals surface area contributed by atoms with Crippen LogP contribution >= 0.6 is 23.1 Å². The monoisotopic (exact) mass is 503 g/mol. The summed E-state index contributed by atoms with van der Waals surface area (Å²) >= 11 is 6.30. The van der Waals surface area contributed by atoms with Crippen molar-refractivity contribution in [3.63, 3.8) is 0 Å². The van der Waals surface area contributed by atoms with Crippen LogP contribution in [-0.2, 0) is 6.61 Å². The van der Waals surface area contributed by atoms with Crippen LogP contribution in [0.3, 0.4) is 0 Å². The molecule has 9 nitrogen and oxygen atoms in total. The molecule has 3 rings (SSSR count). The van der Waals surface area contributed by atoms with Crippen LogP contribution in [0.5, 0.6) is 5.88 Å². The smallest absolute Gasteiger partial charge is 0.319 e. The lowest BCUT2D eigenvalue weighted by Crippen LogP contribution is -2.31. The molecule has 2 heterocycles. The number of aliphatic hydroxyl groups excluding tert-OH is 1. The zero-order chi connectivity index (χ0) is 24.0. The number of rotatable bonds is 10. The van der Waals surface area contributed by atoms with E-state index in [1.165, 1.54) is 0 Å². The third kappa shape index (κ3) is 6.97. The molecule has 13 heteroatoms. The highest BCUT2D eigenvalue weighted by atomic mass is 35.5. The second kappa shape index (κ2) is 11.5. The SMILES string of the molecule is NC(=O)c1c(OCc2cc(F)c(Cl)cc2F)nsc1NC(=O)NCCCCN1CCC(O)C1. The number of amides is 3. The Labute approximate surface area is 198 Å². The Balaban J connectivity index is 1.50. The number of urea groups is 1. The van der Waals surface area contributed by atoms with Crippen LogP contribution in [0, 0.1) is 11.6 Å². The molecule has 1 saturated heterocycles. The van der Waals surface area contributed by atoms with Crippen LogP contribution in [0.2, 0.25) is 5.02 Å². The van der Waals surface area contributed by atoms with E-state index in [1.807, 2.05) is 0 Å². The lowest BCUT2D eigenvalue weighted by molar-refractivity contribution is 0.0996. The van der Waals surface area contributed by atoms with E-state index in [1.54, 1.807) is 0 Å². The summed E-state index contributed by atoms with van der Waals surface area (Å²) in [6.07, 6.45) is 2.13. The zero-order valence-corrected chi connectivity index (χ0v) is 19.1. The number of ether oxygens (including phenoxy) is 1. The fourth-order valence-corrected chi connectivity index (χ4v) is 4.21. The van der Waals surface area contributed by atoms with Crippen LogP contribution in [0.25, 0.3) is 0 Å². The van der Waals surface area contributed by atoms with Gasteiger partial charge in [0.25, 0.3) is 5.91 Å². The van der Waals surface area contributed by atoms with Gasteiger partial charge in [0.05, 0.1) is 11.1 Å². The number of aromatic nitrogens is 1. The molecule has 0 spiro atoms. The van der Waals surface area contributed by atoms with Crippen molar-refractivity contribution in [1.29, 1.82) is 0 Å². The number of primary amides is 1. The van der Waals surface area contributed by atoms with Crippen molar-refractivity contribution in [3.05, 3.63) is 39.9 Å². The molecule has 180 valence electrons. The molecule has 1 aromatic carbocycles. The third-order valence-electron chi connectivity index (χ3n) is 5.02. The summed E-state index contributed by atoms with van der Waals surface area (Å²) < 4.78 is 36.8. The first-order chi connectivity index (χ1) is 15.7. The second-order valence-corrected chi connectivity index (χ2v) is 8.71. The number of unbranched alkanes of at least 4 members (excludes halogenated alkanes) is 1. The molecular weight excluding hydrogens is 480 g/mol. The van der Waals surface area contributed by atoms with Gasteiger partial charge in [-0.3, -0.25) is 10.1 Å². The molecule has 0 aliphatic carbocycles. The molecular formula is C20H24ClF2N5O4S. The molecule has 0 bridgehead atoms. The highest BCUT2D eigenvalue weighted by Gasteiger charge is 2.23. The van der Waals surface area contributed by atoms with Gasteiger partial charge in [0.1, 0.15) is 28.8 Å². The van der Waals surface area contributed by atoms with Crippen LogP contribution in [0.4, 0.5) is 18.6 Å². The molecule has 2 aromatic rings. The van der Waals surface area contributed by atoms with Gasteiger partial charge < -0.3 is 25.8 Å². The van der Waals surface area contributed by atoms with Gasteiger partial charge in [-0.05, 0) is 49.5 Å². The number of aliphatic hydroxyl groups is 1. The van der Waals surface area contributed by atoms with Crippen LogP contribution in [-0.4, -0.2) is 58.6 Å². The van der Waals surface area contributed by atoms with Crippen molar-refractivity contribution in [3.8, 4) is 5.88 Å². The molecule has 0 saturated carbocycles. The first-order valence-corrected chi connectivity index (χ1v) is 11.4. The number of anilines is 1. The van der Waals surface area contributed by atoms with E-state index in [4.69, 9.17) is 22.1 Å². The van der Waals surface area contributed by atoms with Gasteiger partial charge in [-0.25, -0.2) is 13.6 Å². The minimum absolute atomic E-state index is 0.0730. The normalized spacial score (nSPS) is 16.1. The van der Waals surface area contributed by atoms with Gasteiger partial charge in [0, 0.05) is 25.2 Å². The molecule has 1 atom stereocenters. The number of carbonyl (C=O) groups is 2. The summed E-state index contributed by atoms with van der Waals surface area (Å²) in [4.78, 5) is 26.2. The van der Waals surface area contributed by atoms with E-state index >= 15 is 0 Å². The Hall–Kier alpha value is -2.54. The molecule has 1 aliphatic rings. The van der Waals surface area contributed by atoms with E-state index in [9.17, 15) is 23.5 Å². The summed E-state index contributed by atoms with van der Waals surface area (Å²) in [5.74, 6) is -2.70. The number of nitrogens with two attached hydrogens (primary N) is 1. The number of β-amino-alcohol motifs (C(OH)–C–C–N with tert-alkyl or cyclic N) is 1. The third-order valence-corrected chi connectivity index (χ3v) is 6.06. The number of benzene rings is 1. The Morgan fingerprint density at radius 1 is 1.33 bits per heavy atom. The lowest BCUT2D eigenvalue weighted by atomic mass is 10.2. The van der Waals surface area contributed by atoms with Crippen LogP contribution < -0.4 is 21.1 Å². The summed E-state index contributed by atoms with van der Waals surface area (Å²) in [7, 11) is 0. The predicted octanol–water partition coefficient (Wildman–Crippen LogP) is 2.72. The highest BCUT2D eigenvalue weighted by Crippen LogP contribution is 2.31. The molecule has 0 radical (unpaired) electrons. The number of likely N-dealkylation sites (tertiary alicyclic amines) is 1. The molecule has 33 heavy (non-hydrogen) atoms. The number of hydrogen-bond donors (Lipinski definition) is 4. The summed E-state index contributed by atoms with van der Waals surface area (Å²) in [5, 5.41) is 14.4. The Morgan fingerprint density at radius 3 is 2.82 bits per heavy atom. The standard InChI is InChI=1S/C20H24ClF2N5O4S/c21-13-8-14(22)11(7-15(13)23)10-32-18-16(17(24)30)19(33-27-18)26-20(31)25-4-1-2-5-28-6-3-12(29)9-28/h7-8,12,29H,1-6,9-10H2,(H2,24,30)(H2,25,26,31). The van der Waals surface area contributed by atoms with Gasteiger partial charge in [0.2, 0.25) is 5.88 Å². The number of hydrogen-bond acceptors (Lipinski definition) is 7. The van der Waals surface area contributed by atoms with E-state index in [0.717, 1.165) is 56.0 Å². The number of halogens is 3. The molecule has 1 unspecified atom stereocenters. The maximum Gasteiger partial charge on any atom is 0.319 e. The van der Waals surface area contributed by atoms with E-state index in [2.05, 4.69) is 19.9 Å². The predicted molar refractivity (Wildman–Crippen MR) is 120 cm³/mol. The summed E-state index contributed by atoms with van der Waals surface area (Å²) in [5.41, 5.74) is 5.09. The summed E-state index contributed by atoms with van der Waals surface area (Å²) in [6.45, 7) is 2.39. The van der Waals surface area contributed by atoms with Crippen LogP contribution in [0.15, 0.2) is 12.1 Å². The molecule has 1 fully saturated rings. The van der Waals surface area contributed by atoms with Gasteiger partial charge in [0.15, 0.2) is 0 Å². The lowest BCUT2D eigenvalue weighted by Gasteiger charge is -2.14. The Bertz CT molecular complexity index is 1010. The Morgan fingerprint density at radius 2 is 2.12 bits per heavy atom. The van der Waals surface area contributed by atoms with Gasteiger partial charge in [-0.1, -0.05) is 11.6 Å². The minimum Gasteiger partial charge on any atom is -0.471 e. The second-order valence-electron chi connectivity index (χ2n) is 7.53. The van der Waals surface area contributed by atoms with E-state index in [-0.39, 0.29) is 33.1 Å². The van der Waals surface area contributed by atoms with Crippen molar-refractivity contribution in [2.24, 2.45) is 5.73 Å². The first-order valence-electron chi connectivity index (χ1n) is 10.3. The van der Waals surface area contributed by atoms with E-state index in [0.29, 0.717) is 13.1 Å². The maximum atomic E-state index is 13.9. The van der Waals surface area contributed by atoms with Crippen molar-refractivity contribution in [2.45, 2.75) is 32.0 Å². The van der Waals surface area contributed by atoms with Crippen LogP contribution in [0.1, 0.15) is 35.2 Å². The molecule has 1 aliphatic heterocycles.